The van der Waals surface area contributed by atoms with Gasteiger partial charge in [-0.2, -0.15) is 0 Å². The molecule has 0 aliphatic carbocycles. The standard InChI is InChI=1S/C15H22Cl2N2O2.ClH/c1-15(2,14-11(16)5-4-6-12(14)17)10-19-13(20)9-18-7-8-21-3;/h4-6,18H,7-10H2,1-3H3,(H,19,20);1H. The number of rotatable bonds is 8. The van der Waals surface area contributed by atoms with Crippen molar-refractivity contribution in [2.45, 2.75) is 19.3 Å². The van der Waals surface area contributed by atoms with E-state index in [1.165, 1.54) is 0 Å². The molecule has 2 N–H and O–H groups in total. The number of hydrogen-bond acceptors (Lipinski definition) is 3. The number of hydrogen-bond donors (Lipinski definition) is 2. The molecule has 0 aromatic heterocycles. The van der Waals surface area contributed by atoms with Crippen LogP contribution in [0.1, 0.15) is 19.4 Å². The Morgan fingerprint density at radius 1 is 1.27 bits per heavy atom. The lowest BCUT2D eigenvalue weighted by atomic mass is 9.84. The molecule has 0 saturated carbocycles. The van der Waals surface area contributed by atoms with Crippen molar-refractivity contribution in [3.8, 4) is 0 Å². The fourth-order valence-corrected chi connectivity index (χ4v) is 2.90. The van der Waals surface area contributed by atoms with Crippen molar-refractivity contribution in [3.63, 3.8) is 0 Å². The number of amides is 1. The lowest BCUT2D eigenvalue weighted by molar-refractivity contribution is -0.120. The zero-order chi connectivity index (χ0) is 15.9. The van der Waals surface area contributed by atoms with Crippen LogP contribution in [0.5, 0.6) is 0 Å². The molecule has 7 heteroatoms. The molecule has 22 heavy (non-hydrogen) atoms. The molecule has 1 rings (SSSR count). The molecule has 0 heterocycles. The monoisotopic (exact) mass is 368 g/mol. The van der Waals surface area contributed by atoms with Crippen molar-refractivity contribution in [2.75, 3.05) is 33.4 Å². The first-order valence-corrected chi connectivity index (χ1v) is 7.55. The smallest absolute Gasteiger partial charge is 0.233 e. The molecule has 0 saturated heterocycles. The highest BCUT2D eigenvalue weighted by Crippen LogP contribution is 2.35. The molecule has 0 atom stereocenters. The first-order chi connectivity index (χ1) is 9.88. The molecule has 1 amide bonds. The fourth-order valence-electron chi connectivity index (χ4n) is 1.99. The molecule has 0 fully saturated rings. The molecule has 1 aromatic rings. The van der Waals surface area contributed by atoms with Crippen LogP contribution in [0.15, 0.2) is 18.2 Å². The minimum atomic E-state index is -0.350. The third-order valence-electron chi connectivity index (χ3n) is 3.14. The first kappa shape index (κ1) is 21.5. The van der Waals surface area contributed by atoms with Gasteiger partial charge in [0.2, 0.25) is 5.91 Å². The number of methoxy groups -OCH3 is 1. The van der Waals surface area contributed by atoms with Crippen LogP contribution in [-0.4, -0.2) is 39.3 Å². The number of carbonyl (C=O) groups is 1. The zero-order valence-corrected chi connectivity index (χ0v) is 15.4. The van der Waals surface area contributed by atoms with Gasteiger partial charge in [0.15, 0.2) is 0 Å². The number of ether oxygens (including phenoxy) is 1. The average Bonchev–Trinajstić information content (AvgIpc) is 2.41. The molecule has 126 valence electrons. The van der Waals surface area contributed by atoms with Gasteiger partial charge < -0.3 is 15.4 Å². The summed E-state index contributed by atoms with van der Waals surface area (Å²) in [6.07, 6.45) is 0. The molecule has 1 aromatic carbocycles. The maximum absolute atomic E-state index is 11.8. The molecule has 0 radical (unpaired) electrons. The van der Waals surface area contributed by atoms with E-state index in [4.69, 9.17) is 27.9 Å². The van der Waals surface area contributed by atoms with E-state index in [0.717, 1.165) is 5.56 Å². The van der Waals surface area contributed by atoms with Crippen molar-refractivity contribution >= 4 is 41.5 Å². The lowest BCUT2D eigenvalue weighted by Crippen LogP contribution is -2.41. The highest BCUT2D eigenvalue weighted by atomic mass is 35.5. The van der Waals surface area contributed by atoms with Crippen molar-refractivity contribution in [3.05, 3.63) is 33.8 Å². The summed E-state index contributed by atoms with van der Waals surface area (Å²) in [5.41, 5.74) is 0.499. The third-order valence-corrected chi connectivity index (χ3v) is 3.77. The second kappa shape index (κ2) is 10.3. The van der Waals surface area contributed by atoms with Crippen LogP contribution in [0.2, 0.25) is 10.0 Å². The normalized spacial score (nSPS) is 11.0. The van der Waals surface area contributed by atoms with Gasteiger partial charge in [-0.15, -0.1) is 12.4 Å². The van der Waals surface area contributed by atoms with Gasteiger partial charge in [0.05, 0.1) is 13.2 Å². The molecule has 0 spiro atoms. The lowest BCUT2D eigenvalue weighted by Gasteiger charge is -2.27. The predicted octanol–water partition coefficient (Wildman–Crippen LogP) is 3.05. The third kappa shape index (κ3) is 6.71. The SMILES string of the molecule is COCCNCC(=O)NCC(C)(C)c1c(Cl)cccc1Cl.Cl. The van der Waals surface area contributed by atoms with Crippen LogP contribution in [0.4, 0.5) is 0 Å². The van der Waals surface area contributed by atoms with Crippen LogP contribution >= 0.6 is 35.6 Å². The second-order valence-corrected chi connectivity index (χ2v) is 6.24. The number of halogens is 3. The predicted molar refractivity (Wildman–Crippen MR) is 94.5 cm³/mol. The van der Waals surface area contributed by atoms with Crippen LogP contribution in [-0.2, 0) is 14.9 Å². The van der Waals surface area contributed by atoms with E-state index < -0.39 is 0 Å². The molecular formula is C15H23Cl3N2O2. The summed E-state index contributed by atoms with van der Waals surface area (Å²) in [5.74, 6) is -0.0673. The van der Waals surface area contributed by atoms with Gasteiger partial charge in [-0.25, -0.2) is 0 Å². The van der Waals surface area contributed by atoms with E-state index in [-0.39, 0.29) is 30.3 Å². The van der Waals surface area contributed by atoms with Gasteiger partial charge in [-0.05, 0) is 17.7 Å². The fraction of sp³-hybridized carbons (Fsp3) is 0.533. The Hall–Kier alpha value is -0.520. The van der Waals surface area contributed by atoms with Crippen molar-refractivity contribution in [1.29, 1.82) is 0 Å². The Bertz CT molecular complexity index is 462. The van der Waals surface area contributed by atoms with Crippen LogP contribution in [0, 0.1) is 0 Å². The van der Waals surface area contributed by atoms with Gasteiger partial charge in [0.25, 0.3) is 0 Å². The maximum Gasteiger partial charge on any atom is 0.233 e. The quantitative estimate of drug-likeness (QED) is 0.693. The minimum Gasteiger partial charge on any atom is -0.383 e. The van der Waals surface area contributed by atoms with E-state index in [9.17, 15) is 4.79 Å². The van der Waals surface area contributed by atoms with Gasteiger partial charge in [-0.1, -0.05) is 43.1 Å². The van der Waals surface area contributed by atoms with E-state index >= 15 is 0 Å². The summed E-state index contributed by atoms with van der Waals surface area (Å²) < 4.78 is 4.90. The molecule has 4 nitrogen and oxygen atoms in total. The topological polar surface area (TPSA) is 50.4 Å². The summed E-state index contributed by atoms with van der Waals surface area (Å²) >= 11 is 12.4. The van der Waals surface area contributed by atoms with Gasteiger partial charge in [-0.3, -0.25) is 4.79 Å². The van der Waals surface area contributed by atoms with E-state index in [2.05, 4.69) is 10.6 Å². The van der Waals surface area contributed by atoms with Crippen LogP contribution in [0.3, 0.4) is 0 Å². The van der Waals surface area contributed by atoms with E-state index in [0.29, 0.717) is 29.7 Å². The van der Waals surface area contributed by atoms with E-state index in [1.807, 2.05) is 19.9 Å². The summed E-state index contributed by atoms with van der Waals surface area (Å²) in [4.78, 5) is 11.8. The average molecular weight is 370 g/mol. The van der Waals surface area contributed by atoms with Crippen LogP contribution < -0.4 is 10.6 Å². The molecule has 0 aliphatic heterocycles. The summed E-state index contributed by atoms with van der Waals surface area (Å²) in [5, 5.41) is 7.11. The summed E-state index contributed by atoms with van der Waals surface area (Å²) in [6, 6.07) is 5.42. The Morgan fingerprint density at radius 2 is 1.86 bits per heavy atom. The summed E-state index contributed by atoms with van der Waals surface area (Å²) in [6.45, 7) is 5.94. The highest BCUT2D eigenvalue weighted by molar-refractivity contribution is 6.36. The second-order valence-electron chi connectivity index (χ2n) is 5.43. The molecular weight excluding hydrogens is 347 g/mol. The molecule has 0 unspecified atom stereocenters. The summed E-state index contributed by atoms with van der Waals surface area (Å²) in [7, 11) is 1.62. The Labute approximate surface area is 148 Å². The minimum absolute atomic E-state index is 0. The molecule has 0 aliphatic rings. The Kier molecular flexibility index (Phi) is 10.0. The number of carbonyl (C=O) groups excluding carboxylic acids is 1. The molecule has 0 bridgehead atoms. The van der Waals surface area contributed by atoms with Gasteiger partial charge in [0.1, 0.15) is 0 Å². The van der Waals surface area contributed by atoms with E-state index in [1.54, 1.807) is 19.2 Å². The maximum atomic E-state index is 11.8. The number of nitrogens with one attached hydrogen (secondary N) is 2. The zero-order valence-electron chi connectivity index (χ0n) is 13.0. The van der Waals surface area contributed by atoms with Crippen molar-refractivity contribution in [2.24, 2.45) is 0 Å². The largest absolute Gasteiger partial charge is 0.383 e. The van der Waals surface area contributed by atoms with Crippen molar-refractivity contribution < 1.29 is 9.53 Å². The van der Waals surface area contributed by atoms with Gasteiger partial charge >= 0.3 is 0 Å². The Morgan fingerprint density at radius 3 is 2.41 bits per heavy atom. The first-order valence-electron chi connectivity index (χ1n) is 6.79. The number of benzene rings is 1. The van der Waals surface area contributed by atoms with Crippen LogP contribution in [0.25, 0.3) is 0 Å². The Balaban J connectivity index is 0.00000441. The van der Waals surface area contributed by atoms with Crippen molar-refractivity contribution in [1.82, 2.24) is 10.6 Å². The van der Waals surface area contributed by atoms with Gasteiger partial charge in [0, 0.05) is 35.7 Å². The highest BCUT2D eigenvalue weighted by Gasteiger charge is 2.26.